The maximum absolute atomic E-state index is 14.4. The largest absolute Gasteiger partial charge is 0.351 e. The van der Waals surface area contributed by atoms with Crippen molar-refractivity contribution in [3.05, 3.63) is 47.9 Å². The summed E-state index contributed by atoms with van der Waals surface area (Å²) in [6.07, 6.45) is 3.66. The van der Waals surface area contributed by atoms with Crippen molar-refractivity contribution in [1.82, 2.24) is 10.2 Å². The van der Waals surface area contributed by atoms with Crippen LogP contribution in [-0.2, 0) is 16.4 Å². The average molecular weight is 374 g/mol. The van der Waals surface area contributed by atoms with E-state index in [0.29, 0.717) is 29.6 Å². The molecule has 4 rings (SSSR count). The molecule has 1 heterocycles. The van der Waals surface area contributed by atoms with Crippen molar-refractivity contribution in [1.29, 1.82) is 0 Å². The van der Waals surface area contributed by atoms with Crippen LogP contribution in [-0.4, -0.2) is 23.9 Å². The van der Waals surface area contributed by atoms with Crippen LogP contribution in [0.3, 0.4) is 0 Å². The van der Waals surface area contributed by atoms with Gasteiger partial charge in [0.2, 0.25) is 10.0 Å². The number of halogens is 1. The van der Waals surface area contributed by atoms with Crippen LogP contribution < -0.4 is 10.0 Å². The van der Waals surface area contributed by atoms with Crippen LogP contribution >= 0.6 is 0 Å². The highest BCUT2D eigenvalue weighted by molar-refractivity contribution is 7.93. The molecule has 0 spiro atoms. The third-order valence-corrected chi connectivity index (χ3v) is 6.39. The molecule has 2 aromatic carbocycles. The zero-order valence-corrected chi connectivity index (χ0v) is 15.0. The third-order valence-electron chi connectivity index (χ3n) is 4.54. The smallest absolute Gasteiger partial charge is 0.235 e. The normalized spacial score (nSPS) is 14.5. The molecular weight excluding hydrogens is 355 g/mol. The molecule has 0 atom stereocenters. The minimum absolute atomic E-state index is 0.280. The van der Waals surface area contributed by atoms with E-state index in [-0.39, 0.29) is 16.8 Å². The molecule has 136 valence electrons. The van der Waals surface area contributed by atoms with Crippen molar-refractivity contribution in [3.8, 4) is 0 Å². The number of anilines is 3. The summed E-state index contributed by atoms with van der Waals surface area (Å²) in [4.78, 5) is 0. The number of aryl methyl sites for hydroxylation is 1. The molecule has 1 saturated carbocycles. The number of hydrogen-bond acceptors (Lipinski definition) is 4. The van der Waals surface area contributed by atoms with Gasteiger partial charge in [0, 0.05) is 5.39 Å². The van der Waals surface area contributed by atoms with Gasteiger partial charge < -0.3 is 5.32 Å². The highest BCUT2D eigenvalue weighted by atomic mass is 32.2. The number of benzene rings is 2. The molecule has 1 aliphatic carbocycles. The fraction of sp³-hybridized carbons (Fsp3) is 0.278. The van der Waals surface area contributed by atoms with Crippen molar-refractivity contribution in [2.75, 3.05) is 10.0 Å². The van der Waals surface area contributed by atoms with Crippen molar-refractivity contribution in [2.45, 2.75) is 31.4 Å². The molecule has 26 heavy (non-hydrogen) atoms. The number of hydrogen-bond donors (Lipinski definition) is 3. The molecule has 1 fully saturated rings. The van der Waals surface area contributed by atoms with E-state index in [1.165, 1.54) is 6.07 Å². The van der Waals surface area contributed by atoms with E-state index in [1.807, 2.05) is 13.0 Å². The van der Waals surface area contributed by atoms with Gasteiger partial charge in [-0.2, -0.15) is 5.10 Å². The lowest BCUT2D eigenvalue weighted by molar-refractivity contribution is 0.600. The first-order valence-corrected chi connectivity index (χ1v) is 10.1. The van der Waals surface area contributed by atoms with Crippen LogP contribution in [0.5, 0.6) is 0 Å². The van der Waals surface area contributed by atoms with E-state index in [1.54, 1.807) is 24.4 Å². The van der Waals surface area contributed by atoms with Crippen LogP contribution in [0.25, 0.3) is 10.9 Å². The third kappa shape index (κ3) is 3.12. The first-order chi connectivity index (χ1) is 12.5. The van der Waals surface area contributed by atoms with Gasteiger partial charge in [0.15, 0.2) is 0 Å². The molecule has 6 nitrogen and oxygen atoms in total. The molecule has 0 saturated heterocycles. The summed E-state index contributed by atoms with van der Waals surface area (Å²) in [6, 6.07) is 8.38. The van der Waals surface area contributed by atoms with Crippen LogP contribution in [0.4, 0.5) is 21.5 Å². The predicted octanol–water partition coefficient (Wildman–Crippen LogP) is 3.91. The Morgan fingerprint density at radius 3 is 2.69 bits per heavy atom. The number of fused-ring (bicyclic) bond motifs is 1. The van der Waals surface area contributed by atoms with E-state index in [9.17, 15) is 12.8 Å². The predicted molar refractivity (Wildman–Crippen MR) is 101 cm³/mol. The SMILES string of the molecule is CCc1ccc(Nc2c(NS(=O)(=O)C3CC3)ccc3[nH]ncc23)c(F)c1. The van der Waals surface area contributed by atoms with Crippen LogP contribution in [0.2, 0.25) is 0 Å². The Labute approximate surface area is 150 Å². The van der Waals surface area contributed by atoms with E-state index in [2.05, 4.69) is 20.2 Å². The van der Waals surface area contributed by atoms with Crippen LogP contribution in [0.1, 0.15) is 25.3 Å². The standard InChI is InChI=1S/C18H19FN4O2S/c1-2-11-3-6-16(14(19)9-11)21-18-13-10-20-22-15(13)7-8-17(18)23-26(24,25)12-4-5-12/h3,6-10,12,21,23H,2,4-5H2,1H3,(H,20,22). The molecule has 1 aliphatic rings. The molecule has 0 bridgehead atoms. The summed E-state index contributed by atoms with van der Waals surface area (Å²) >= 11 is 0. The van der Waals surface area contributed by atoms with Gasteiger partial charge in [-0.05, 0) is 49.1 Å². The topological polar surface area (TPSA) is 86.9 Å². The molecular formula is C18H19FN4O2S. The lowest BCUT2D eigenvalue weighted by Gasteiger charge is -2.16. The first-order valence-electron chi connectivity index (χ1n) is 8.51. The number of rotatable bonds is 6. The van der Waals surface area contributed by atoms with Crippen molar-refractivity contribution >= 4 is 38.0 Å². The minimum atomic E-state index is -3.44. The van der Waals surface area contributed by atoms with E-state index >= 15 is 0 Å². The summed E-state index contributed by atoms with van der Waals surface area (Å²) in [5, 5.41) is 10.2. The lowest BCUT2D eigenvalue weighted by Crippen LogP contribution is -2.18. The van der Waals surface area contributed by atoms with Crippen molar-refractivity contribution in [2.24, 2.45) is 0 Å². The molecule has 1 aromatic heterocycles. The van der Waals surface area contributed by atoms with Gasteiger partial charge in [0.25, 0.3) is 0 Å². The van der Waals surface area contributed by atoms with Crippen LogP contribution in [0, 0.1) is 5.82 Å². The maximum Gasteiger partial charge on any atom is 0.235 e. The van der Waals surface area contributed by atoms with Crippen molar-refractivity contribution in [3.63, 3.8) is 0 Å². The van der Waals surface area contributed by atoms with Gasteiger partial charge in [0.1, 0.15) is 5.82 Å². The second kappa shape index (κ2) is 6.28. The van der Waals surface area contributed by atoms with Gasteiger partial charge in [-0.15, -0.1) is 0 Å². The molecule has 8 heteroatoms. The van der Waals surface area contributed by atoms with Gasteiger partial charge >= 0.3 is 0 Å². The number of aromatic amines is 1. The van der Waals surface area contributed by atoms with E-state index in [0.717, 1.165) is 17.5 Å². The molecule has 3 N–H and O–H groups in total. The summed E-state index contributed by atoms with van der Waals surface area (Å²) in [6.45, 7) is 1.96. The lowest BCUT2D eigenvalue weighted by atomic mass is 10.1. The molecule has 0 amide bonds. The Morgan fingerprint density at radius 2 is 2.00 bits per heavy atom. The Bertz CT molecular complexity index is 1070. The summed E-state index contributed by atoms with van der Waals surface area (Å²) in [5.74, 6) is -0.388. The summed E-state index contributed by atoms with van der Waals surface area (Å²) in [7, 11) is -3.44. The molecule has 0 aliphatic heterocycles. The fourth-order valence-electron chi connectivity index (χ4n) is 2.87. The van der Waals surface area contributed by atoms with E-state index in [4.69, 9.17) is 0 Å². The maximum atomic E-state index is 14.4. The summed E-state index contributed by atoms with van der Waals surface area (Å²) < 4.78 is 41.8. The zero-order chi connectivity index (χ0) is 18.3. The highest BCUT2D eigenvalue weighted by Crippen LogP contribution is 2.37. The van der Waals surface area contributed by atoms with Gasteiger partial charge in [-0.25, -0.2) is 12.8 Å². The van der Waals surface area contributed by atoms with Gasteiger partial charge in [-0.1, -0.05) is 13.0 Å². The second-order valence-electron chi connectivity index (χ2n) is 6.46. The van der Waals surface area contributed by atoms with Crippen molar-refractivity contribution < 1.29 is 12.8 Å². The fourth-order valence-corrected chi connectivity index (χ4v) is 4.27. The number of H-pyrrole nitrogens is 1. The van der Waals surface area contributed by atoms with Gasteiger partial charge in [-0.3, -0.25) is 9.82 Å². The molecule has 0 unspecified atom stereocenters. The summed E-state index contributed by atoms with van der Waals surface area (Å²) in [5.41, 5.74) is 2.76. The Morgan fingerprint density at radius 1 is 1.23 bits per heavy atom. The number of aromatic nitrogens is 2. The number of nitrogens with zero attached hydrogens (tertiary/aromatic N) is 1. The molecule has 3 aromatic rings. The van der Waals surface area contributed by atoms with E-state index < -0.39 is 10.0 Å². The Kier molecular flexibility index (Phi) is 4.07. The second-order valence-corrected chi connectivity index (χ2v) is 8.42. The quantitative estimate of drug-likeness (QED) is 0.610. The Balaban J connectivity index is 1.77. The number of nitrogens with one attached hydrogen (secondary N) is 3. The monoisotopic (exact) mass is 374 g/mol. The minimum Gasteiger partial charge on any atom is -0.351 e. The number of sulfonamides is 1. The Hall–Kier alpha value is -2.61. The highest BCUT2D eigenvalue weighted by Gasteiger charge is 2.36. The average Bonchev–Trinajstić information content (AvgIpc) is 3.37. The first kappa shape index (κ1) is 16.8. The molecule has 0 radical (unpaired) electrons. The van der Waals surface area contributed by atoms with Crippen LogP contribution in [0.15, 0.2) is 36.5 Å². The van der Waals surface area contributed by atoms with Gasteiger partial charge in [0.05, 0.1) is 34.0 Å². The zero-order valence-electron chi connectivity index (χ0n) is 14.2.